The molecule has 2 aromatic carbocycles. The minimum absolute atomic E-state index is 0.0108. The number of esters is 3. The molecule has 4 heterocycles. The van der Waals surface area contributed by atoms with Gasteiger partial charge in [0.1, 0.15) is 5.56 Å². The van der Waals surface area contributed by atoms with Crippen molar-refractivity contribution >= 4 is 41.1 Å². The number of carbonyl (C=O) groups is 4. The second-order valence-corrected chi connectivity index (χ2v) is 10.0. The Morgan fingerprint density at radius 1 is 0.949 bits per heavy atom. The van der Waals surface area contributed by atoms with Gasteiger partial charge in [-0.3, -0.25) is 19.3 Å². The molecule has 4 aliphatic rings. The molecule has 11 nitrogen and oxygen atoms in total. The monoisotopic (exact) mass is 557 g/mol. The molecule has 6 rings (SSSR count). The average Bonchev–Trinajstić information content (AvgIpc) is 2.99. The minimum atomic E-state index is -2.59. The van der Waals surface area contributed by atoms with Gasteiger partial charge in [0.25, 0.3) is 5.91 Å². The minimum Gasteiger partial charge on any atom is -0.424 e. The number of anilines is 1. The lowest BCUT2D eigenvalue weighted by atomic mass is 9.96. The van der Waals surface area contributed by atoms with Gasteiger partial charge in [-0.2, -0.15) is 0 Å². The van der Waals surface area contributed by atoms with Gasteiger partial charge in [-0.05, 0) is 30.8 Å². The van der Waals surface area contributed by atoms with Crippen molar-refractivity contribution in [2.24, 2.45) is 0 Å². The summed E-state index contributed by atoms with van der Waals surface area (Å²) in [6.07, 6.45) is -1.79. The Morgan fingerprint density at radius 2 is 1.64 bits per heavy atom. The Kier molecular flexibility index (Phi) is 7.00. The molecule has 5 bridgehead atoms. The Balaban J connectivity index is 1.80. The van der Waals surface area contributed by atoms with Crippen molar-refractivity contribution in [3.05, 3.63) is 58.6 Å². The van der Waals surface area contributed by atoms with Gasteiger partial charge >= 0.3 is 23.9 Å². The van der Waals surface area contributed by atoms with Crippen LogP contribution in [0.2, 0.25) is 5.02 Å². The van der Waals surface area contributed by atoms with Gasteiger partial charge in [-0.25, -0.2) is 9.69 Å². The molecule has 2 unspecified atom stereocenters. The van der Waals surface area contributed by atoms with E-state index in [1.807, 2.05) is 49.1 Å². The van der Waals surface area contributed by atoms with Gasteiger partial charge in [0, 0.05) is 13.1 Å². The summed E-state index contributed by atoms with van der Waals surface area (Å²) in [7, 11) is 0. The second kappa shape index (κ2) is 10.1. The third-order valence-corrected chi connectivity index (χ3v) is 7.48. The molecule has 4 aliphatic heterocycles. The summed E-state index contributed by atoms with van der Waals surface area (Å²) < 4.78 is 17.2. The van der Waals surface area contributed by atoms with E-state index in [1.165, 1.54) is 17.0 Å². The van der Waals surface area contributed by atoms with Crippen LogP contribution in [0.3, 0.4) is 0 Å². The molecule has 206 valence electrons. The van der Waals surface area contributed by atoms with E-state index in [1.54, 1.807) is 0 Å². The molecule has 1 amide bonds. The highest BCUT2D eigenvalue weighted by molar-refractivity contribution is 6.33. The standard InChI is InChI=1S/C27H28ClN3O8/c1-3-29(4-2)12-13-30-24(34)22-19-11-10-18(28)23(22)37-20(32)14-26(36)15-21(33)38-27(30,39-25(26)35)31(19)16-17-8-6-5-7-9-17/h5-11,36H,3-4,12-16H2,1-2H3. The molecule has 1 spiro atoms. The number of likely N-dealkylation sites (N-methyl/N-ethyl adjacent to an activating group) is 1. The quantitative estimate of drug-likeness (QED) is 0.400. The fraction of sp³-hybridized carbons (Fsp3) is 0.407. The van der Waals surface area contributed by atoms with Crippen LogP contribution < -0.4 is 9.64 Å². The fourth-order valence-electron chi connectivity index (χ4n) is 5.09. The zero-order valence-corrected chi connectivity index (χ0v) is 22.3. The van der Waals surface area contributed by atoms with Crippen molar-refractivity contribution in [3.8, 4) is 5.75 Å². The molecule has 1 N–H and O–H groups in total. The highest BCUT2D eigenvalue weighted by Crippen LogP contribution is 2.48. The van der Waals surface area contributed by atoms with Gasteiger partial charge in [-0.15, -0.1) is 0 Å². The van der Waals surface area contributed by atoms with Gasteiger partial charge in [-0.1, -0.05) is 55.8 Å². The van der Waals surface area contributed by atoms with Gasteiger partial charge in [0.2, 0.25) is 0 Å². The SMILES string of the molecule is CCN(CC)CCN1C(=O)c2c3ccc(Cl)c2OC(=O)CC2(O)CC(=O)OC1(OC2=O)N3Cc1ccccc1. The average molecular weight is 558 g/mol. The van der Waals surface area contributed by atoms with E-state index in [0.717, 1.165) is 10.5 Å². The molecule has 0 aromatic heterocycles. The van der Waals surface area contributed by atoms with Crippen LogP contribution in [-0.4, -0.2) is 76.5 Å². The lowest BCUT2D eigenvalue weighted by Crippen LogP contribution is -2.70. The van der Waals surface area contributed by atoms with Crippen molar-refractivity contribution in [2.45, 2.75) is 44.9 Å². The number of halogens is 1. The fourth-order valence-corrected chi connectivity index (χ4v) is 5.29. The van der Waals surface area contributed by atoms with Crippen molar-refractivity contribution < 1.29 is 38.5 Å². The zero-order valence-electron chi connectivity index (χ0n) is 21.5. The van der Waals surface area contributed by atoms with E-state index in [0.29, 0.717) is 19.6 Å². The number of ether oxygens (including phenoxy) is 3. The van der Waals surface area contributed by atoms with Crippen molar-refractivity contribution in [3.63, 3.8) is 0 Å². The van der Waals surface area contributed by atoms with Crippen LogP contribution in [0.1, 0.15) is 42.6 Å². The van der Waals surface area contributed by atoms with Crippen LogP contribution in [0.4, 0.5) is 5.69 Å². The Bertz CT molecular complexity index is 1330. The van der Waals surface area contributed by atoms with Gasteiger partial charge < -0.3 is 24.2 Å². The maximum atomic E-state index is 14.2. The molecular formula is C27H28ClN3O8. The van der Waals surface area contributed by atoms with Crippen molar-refractivity contribution in [1.82, 2.24) is 9.80 Å². The number of nitrogens with zero attached hydrogens (tertiary/aromatic N) is 3. The van der Waals surface area contributed by atoms with Crippen LogP contribution in [0.15, 0.2) is 42.5 Å². The summed E-state index contributed by atoms with van der Waals surface area (Å²) in [5.41, 5.74) is -1.74. The number of rotatable bonds is 7. The van der Waals surface area contributed by atoms with E-state index in [9.17, 15) is 24.3 Å². The number of benzene rings is 2. The maximum absolute atomic E-state index is 14.2. The van der Waals surface area contributed by atoms with Crippen molar-refractivity contribution in [1.29, 1.82) is 0 Å². The number of aliphatic hydroxyl groups is 1. The zero-order chi connectivity index (χ0) is 27.9. The van der Waals surface area contributed by atoms with Crippen LogP contribution in [0.25, 0.3) is 0 Å². The van der Waals surface area contributed by atoms with Crippen molar-refractivity contribution in [2.75, 3.05) is 31.1 Å². The number of carbonyl (C=O) groups excluding carboxylic acids is 4. The highest BCUT2D eigenvalue weighted by Gasteiger charge is 2.63. The normalized spacial score (nSPS) is 24.3. The second-order valence-electron chi connectivity index (χ2n) is 9.60. The van der Waals surface area contributed by atoms with Gasteiger partial charge in [0.15, 0.2) is 11.4 Å². The topological polar surface area (TPSA) is 126 Å². The molecule has 1 saturated heterocycles. The molecule has 0 aliphatic carbocycles. The summed E-state index contributed by atoms with van der Waals surface area (Å²) in [5.74, 6) is -4.34. The molecule has 12 heteroatoms. The largest absolute Gasteiger partial charge is 0.442 e. The molecular weight excluding hydrogens is 530 g/mol. The third kappa shape index (κ3) is 4.60. The molecule has 0 radical (unpaired) electrons. The Hall–Kier alpha value is -3.67. The van der Waals surface area contributed by atoms with Crippen LogP contribution in [0.5, 0.6) is 5.75 Å². The molecule has 0 saturated carbocycles. The van der Waals surface area contributed by atoms with E-state index in [-0.39, 0.29) is 35.1 Å². The molecule has 2 atom stereocenters. The first-order chi connectivity index (χ1) is 18.6. The number of amides is 1. The number of fused-ring (bicyclic) bond motifs is 3. The van der Waals surface area contributed by atoms with E-state index >= 15 is 0 Å². The number of hydrogen-bond donors (Lipinski definition) is 1. The van der Waals surface area contributed by atoms with Crippen LogP contribution in [-0.2, 0) is 30.4 Å². The maximum Gasteiger partial charge on any atom is 0.442 e. The Labute approximate surface area is 229 Å². The Morgan fingerprint density at radius 3 is 2.33 bits per heavy atom. The molecule has 1 fully saturated rings. The smallest absolute Gasteiger partial charge is 0.424 e. The summed E-state index contributed by atoms with van der Waals surface area (Å²) in [6, 6.07) is 9.62. The first-order valence-corrected chi connectivity index (χ1v) is 13.1. The summed E-state index contributed by atoms with van der Waals surface area (Å²) in [5, 5.41) is 11.2. The van der Waals surface area contributed by atoms with Crippen LogP contribution in [0, 0.1) is 0 Å². The van der Waals surface area contributed by atoms with Crippen LogP contribution >= 0.6 is 11.6 Å². The molecule has 2 aromatic rings. The predicted molar refractivity (Wildman–Crippen MR) is 138 cm³/mol. The first-order valence-electron chi connectivity index (χ1n) is 12.7. The summed E-state index contributed by atoms with van der Waals surface area (Å²) in [4.78, 5) is 58.5. The summed E-state index contributed by atoms with van der Waals surface area (Å²) >= 11 is 6.44. The third-order valence-electron chi connectivity index (χ3n) is 7.18. The van der Waals surface area contributed by atoms with E-state index in [2.05, 4.69) is 0 Å². The summed E-state index contributed by atoms with van der Waals surface area (Å²) in [6.45, 7) is 5.57. The van der Waals surface area contributed by atoms with E-state index in [4.69, 9.17) is 25.8 Å². The predicted octanol–water partition coefficient (Wildman–Crippen LogP) is 2.29. The molecule has 39 heavy (non-hydrogen) atoms. The number of hydrogen-bond acceptors (Lipinski definition) is 10. The lowest BCUT2D eigenvalue weighted by molar-refractivity contribution is -0.276. The van der Waals surface area contributed by atoms with E-state index < -0.39 is 48.3 Å². The highest BCUT2D eigenvalue weighted by atomic mass is 35.5. The lowest BCUT2D eigenvalue weighted by Gasteiger charge is -2.50. The first kappa shape index (κ1) is 26.9. The van der Waals surface area contributed by atoms with Gasteiger partial charge in [0.05, 0.1) is 30.1 Å².